The molecule has 0 aliphatic heterocycles. The maximum atomic E-state index is 2.36. The van der Waals surface area contributed by atoms with E-state index in [-0.39, 0.29) is 12.4 Å². The zero-order valence-electron chi connectivity index (χ0n) is 10.1. The molecule has 87 valence electrons. The third-order valence-electron chi connectivity index (χ3n) is 3.17. The molecule has 1 aromatic carbocycles. The zero-order chi connectivity index (χ0) is 10.4. The lowest BCUT2D eigenvalue weighted by atomic mass is 10.4. The molecule has 0 aliphatic carbocycles. The summed E-state index contributed by atoms with van der Waals surface area (Å²) in [6.45, 7) is 7.03. The van der Waals surface area contributed by atoms with E-state index in [1.807, 2.05) is 0 Å². The van der Waals surface area contributed by atoms with Crippen LogP contribution in [0.15, 0.2) is 30.3 Å². The van der Waals surface area contributed by atoms with Crippen LogP contribution in [0.1, 0.15) is 27.2 Å². The lowest BCUT2D eigenvalue weighted by Gasteiger charge is -2.35. The summed E-state index contributed by atoms with van der Waals surface area (Å²) >= 11 is 0. The largest absolute Gasteiger partial charge is 0.147 e. The van der Waals surface area contributed by atoms with Gasteiger partial charge in [0.2, 0.25) is 0 Å². The smallest absolute Gasteiger partial charge is 0.0281 e. The first-order chi connectivity index (χ1) is 6.79. The Morgan fingerprint density at radius 2 is 1.47 bits per heavy atom. The van der Waals surface area contributed by atoms with Crippen LogP contribution in [0.25, 0.3) is 0 Å². The number of rotatable bonds is 5. The number of hydrogen-bond acceptors (Lipinski definition) is 0. The number of hydrogen-bond donors (Lipinski definition) is 0. The van der Waals surface area contributed by atoms with Crippen LogP contribution in [-0.2, 0) is 0 Å². The molecule has 0 atom stereocenters. The fraction of sp³-hybridized carbons (Fsp3) is 0.538. The average Bonchev–Trinajstić information content (AvgIpc) is 2.27. The van der Waals surface area contributed by atoms with E-state index in [4.69, 9.17) is 0 Å². The van der Waals surface area contributed by atoms with E-state index < -0.39 is 7.26 Å². The third kappa shape index (κ3) is 3.47. The van der Waals surface area contributed by atoms with Crippen molar-refractivity contribution < 1.29 is 0 Å². The van der Waals surface area contributed by atoms with Crippen LogP contribution in [0.3, 0.4) is 0 Å². The van der Waals surface area contributed by atoms with Crippen LogP contribution in [0.4, 0.5) is 0 Å². The predicted octanol–water partition coefficient (Wildman–Crippen LogP) is 4.20. The molecule has 0 fully saturated rings. The van der Waals surface area contributed by atoms with Gasteiger partial charge in [0, 0.05) is 0 Å². The number of benzene rings is 1. The van der Waals surface area contributed by atoms with Gasteiger partial charge >= 0.3 is 0 Å². The molecule has 0 saturated carbocycles. The molecule has 0 saturated heterocycles. The van der Waals surface area contributed by atoms with Gasteiger partial charge in [-0.25, -0.2) is 0 Å². The summed E-state index contributed by atoms with van der Waals surface area (Å²) in [7, 11) is -0.810. The van der Waals surface area contributed by atoms with Gasteiger partial charge in [-0.05, 0) is 23.8 Å². The van der Waals surface area contributed by atoms with Crippen LogP contribution in [0.2, 0.25) is 0 Å². The second-order valence-electron chi connectivity index (χ2n) is 3.84. The normalized spacial score (nSPS) is 10.9. The van der Waals surface area contributed by atoms with Crippen molar-refractivity contribution in [3.05, 3.63) is 30.3 Å². The summed E-state index contributed by atoms with van der Waals surface area (Å²) < 4.78 is 0. The minimum Gasteiger partial charge on any atom is -0.147 e. The van der Waals surface area contributed by atoms with Crippen LogP contribution >= 0.6 is 19.7 Å². The first-order valence-electron chi connectivity index (χ1n) is 5.70. The number of halogens is 1. The highest BCUT2D eigenvalue weighted by Crippen LogP contribution is 2.57. The predicted molar refractivity (Wildman–Crippen MR) is 76.5 cm³/mol. The monoisotopic (exact) mass is 245 g/mol. The molecule has 0 heterocycles. The Kier molecular flexibility index (Phi) is 7.22. The Morgan fingerprint density at radius 3 is 1.87 bits per heavy atom. The average molecular weight is 246 g/mol. The Hall–Kier alpha value is -0.0600. The lowest BCUT2D eigenvalue weighted by molar-refractivity contribution is 1.08. The Morgan fingerprint density at radius 1 is 0.933 bits per heavy atom. The van der Waals surface area contributed by atoms with Gasteiger partial charge in [0.05, 0.1) is 0 Å². The van der Waals surface area contributed by atoms with Crippen molar-refractivity contribution in [1.29, 1.82) is 0 Å². The van der Waals surface area contributed by atoms with E-state index in [1.54, 1.807) is 5.30 Å². The summed E-state index contributed by atoms with van der Waals surface area (Å²) in [5.74, 6) is 0. The van der Waals surface area contributed by atoms with Crippen LogP contribution in [0, 0.1) is 0 Å². The molecule has 1 rings (SSSR count). The molecule has 15 heavy (non-hydrogen) atoms. The van der Waals surface area contributed by atoms with E-state index in [1.165, 1.54) is 24.9 Å². The third-order valence-corrected chi connectivity index (χ3v) is 8.28. The minimum atomic E-state index is -0.810. The van der Waals surface area contributed by atoms with Crippen molar-refractivity contribution in [3.63, 3.8) is 0 Å². The van der Waals surface area contributed by atoms with Gasteiger partial charge in [0.1, 0.15) is 0 Å². The van der Waals surface area contributed by atoms with Gasteiger partial charge in [0.15, 0.2) is 0 Å². The van der Waals surface area contributed by atoms with Crippen molar-refractivity contribution in [2.75, 3.05) is 18.5 Å². The highest BCUT2D eigenvalue weighted by atomic mass is 35.5. The maximum absolute atomic E-state index is 2.36. The van der Waals surface area contributed by atoms with Crippen molar-refractivity contribution in [3.8, 4) is 0 Å². The molecule has 2 heteroatoms. The molecule has 0 spiro atoms. The molecule has 1 radical (unpaired) electrons. The molecular weight excluding hydrogens is 223 g/mol. The van der Waals surface area contributed by atoms with Crippen molar-refractivity contribution >= 4 is 25.0 Å². The van der Waals surface area contributed by atoms with Crippen LogP contribution < -0.4 is 5.30 Å². The van der Waals surface area contributed by atoms with Crippen molar-refractivity contribution in [2.45, 2.75) is 27.2 Å². The van der Waals surface area contributed by atoms with E-state index in [0.29, 0.717) is 0 Å². The molecule has 0 N–H and O–H groups in total. The summed E-state index contributed by atoms with van der Waals surface area (Å²) in [6, 6.07) is 11.2. The lowest BCUT2D eigenvalue weighted by Crippen LogP contribution is -2.18. The fourth-order valence-corrected chi connectivity index (χ4v) is 5.94. The van der Waals surface area contributed by atoms with E-state index in [2.05, 4.69) is 51.1 Å². The van der Waals surface area contributed by atoms with E-state index in [0.717, 1.165) is 0 Å². The summed E-state index contributed by atoms with van der Waals surface area (Å²) in [5.41, 5.74) is 0. The van der Waals surface area contributed by atoms with Gasteiger partial charge in [0.25, 0.3) is 0 Å². The Balaban J connectivity index is 0.00000196. The summed E-state index contributed by atoms with van der Waals surface area (Å²) in [5, 5.41) is 1.63. The quantitative estimate of drug-likeness (QED) is 0.682. The molecule has 0 aliphatic rings. The van der Waals surface area contributed by atoms with Gasteiger partial charge in [-0.15, -0.1) is 12.4 Å². The first-order valence-corrected chi connectivity index (χ1v) is 8.05. The molecule has 0 amide bonds. The Bertz CT molecular complexity index is 254. The SMILES string of the molecule is CCC[P](CC)(CC)c1ccccc1.Cl. The molecule has 0 nitrogen and oxygen atoms in total. The highest BCUT2D eigenvalue weighted by Gasteiger charge is 2.23. The fourth-order valence-electron chi connectivity index (χ4n) is 2.21. The van der Waals surface area contributed by atoms with Crippen LogP contribution in [0.5, 0.6) is 0 Å². The molecule has 0 unspecified atom stereocenters. The van der Waals surface area contributed by atoms with Crippen molar-refractivity contribution in [2.24, 2.45) is 0 Å². The van der Waals surface area contributed by atoms with E-state index in [9.17, 15) is 0 Å². The standard InChI is InChI=1S/C13H22P.ClH/c1-4-12-14(5-2,6-3)13-10-8-7-9-11-13;/h7-11H,4-6,12H2,1-3H3;1H. The molecular formula is C13H23ClP. The van der Waals surface area contributed by atoms with Gasteiger partial charge in [-0.2, -0.15) is 0 Å². The first kappa shape index (κ1) is 14.9. The van der Waals surface area contributed by atoms with Crippen LogP contribution in [-0.4, -0.2) is 18.5 Å². The highest BCUT2D eigenvalue weighted by molar-refractivity contribution is 7.82. The van der Waals surface area contributed by atoms with Gasteiger partial charge in [-0.1, -0.05) is 64.8 Å². The topological polar surface area (TPSA) is 0 Å². The minimum absolute atomic E-state index is 0. The second-order valence-corrected chi connectivity index (χ2v) is 8.36. The summed E-state index contributed by atoms with van der Waals surface area (Å²) in [4.78, 5) is 0. The van der Waals surface area contributed by atoms with Gasteiger partial charge in [-0.3, -0.25) is 0 Å². The molecule has 0 aromatic heterocycles. The zero-order valence-corrected chi connectivity index (χ0v) is 11.8. The molecule has 1 aromatic rings. The van der Waals surface area contributed by atoms with Crippen molar-refractivity contribution in [1.82, 2.24) is 0 Å². The Labute approximate surface area is 101 Å². The maximum Gasteiger partial charge on any atom is -0.0281 e. The second kappa shape index (κ2) is 7.25. The van der Waals surface area contributed by atoms with E-state index >= 15 is 0 Å². The van der Waals surface area contributed by atoms with Gasteiger partial charge < -0.3 is 0 Å². The molecule has 0 bridgehead atoms. The summed E-state index contributed by atoms with van der Waals surface area (Å²) in [6.07, 6.45) is 5.47.